The zero-order chi connectivity index (χ0) is 17.8. The highest BCUT2D eigenvalue weighted by Crippen LogP contribution is 2.25. The molecule has 1 aromatic carbocycles. The van der Waals surface area contributed by atoms with Crippen molar-refractivity contribution < 1.29 is 14.3 Å². The number of esters is 1. The third-order valence-corrected chi connectivity index (χ3v) is 4.90. The highest BCUT2D eigenvalue weighted by atomic mass is 32.2. The summed E-state index contributed by atoms with van der Waals surface area (Å²) in [6.45, 7) is 2.36. The number of benzene rings is 1. The first-order chi connectivity index (χ1) is 12.1. The van der Waals surface area contributed by atoms with Gasteiger partial charge in [0.05, 0.1) is 18.1 Å². The van der Waals surface area contributed by atoms with E-state index in [0.29, 0.717) is 35.3 Å². The van der Waals surface area contributed by atoms with Crippen LogP contribution in [0.25, 0.3) is 0 Å². The fourth-order valence-electron chi connectivity index (χ4n) is 2.46. The van der Waals surface area contributed by atoms with Gasteiger partial charge < -0.3 is 10.1 Å². The summed E-state index contributed by atoms with van der Waals surface area (Å²) in [6, 6.07) is 7.90. The number of hydrogen-bond donors (Lipinski definition) is 1. The van der Waals surface area contributed by atoms with E-state index in [0.717, 1.165) is 0 Å². The van der Waals surface area contributed by atoms with Gasteiger partial charge in [0.25, 0.3) is 5.56 Å². The SMILES string of the molecule is CCOC(=O)c1ccc(NC(=O)C2CSc3nccc(=O)n3C2)cc1. The summed E-state index contributed by atoms with van der Waals surface area (Å²) in [5.41, 5.74) is 0.862. The molecule has 7 nitrogen and oxygen atoms in total. The number of carbonyl (C=O) groups excluding carboxylic acids is 2. The van der Waals surface area contributed by atoms with Crippen molar-refractivity contribution in [3.8, 4) is 0 Å². The molecule has 1 N–H and O–H groups in total. The van der Waals surface area contributed by atoms with Gasteiger partial charge in [-0.15, -0.1) is 0 Å². The number of nitrogens with zero attached hydrogens (tertiary/aromatic N) is 2. The summed E-state index contributed by atoms with van der Waals surface area (Å²) in [6.07, 6.45) is 1.48. The fraction of sp³-hybridized carbons (Fsp3) is 0.294. The number of ether oxygens (including phenoxy) is 1. The number of thioether (sulfide) groups is 1. The van der Waals surface area contributed by atoms with Crippen molar-refractivity contribution in [3.63, 3.8) is 0 Å². The Labute approximate surface area is 148 Å². The number of amides is 1. The van der Waals surface area contributed by atoms with Crippen molar-refractivity contribution >= 4 is 29.3 Å². The first-order valence-corrected chi connectivity index (χ1v) is 8.83. The molecule has 1 amide bonds. The number of nitrogens with one attached hydrogen (secondary N) is 1. The Morgan fingerprint density at radius 3 is 2.80 bits per heavy atom. The first-order valence-electron chi connectivity index (χ1n) is 7.85. The Kier molecular flexibility index (Phi) is 5.18. The molecular weight excluding hydrogens is 342 g/mol. The molecule has 3 rings (SSSR count). The summed E-state index contributed by atoms with van der Waals surface area (Å²) < 4.78 is 6.44. The summed E-state index contributed by atoms with van der Waals surface area (Å²) in [5.74, 6) is -0.335. The molecule has 0 radical (unpaired) electrons. The summed E-state index contributed by atoms with van der Waals surface area (Å²) in [5, 5.41) is 3.45. The van der Waals surface area contributed by atoms with E-state index in [1.54, 1.807) is 31.2 Å². The van der Waals surface area contributed by atoms with Crippen LogP contribution in [0.3, 0.4) is 0 Å². The number of hydrogen-bond acceptors (Lipinski definition) is 6. The van der Waals surface area contributed by atoms with Crippen molar-refractivity contribution in [3.05, 3.63) is 52.4 Å². The molecule has 2 heterocycles. The molecule has 0 saturated heterocycles. The van der Waals surface area contributed by atoms with E-state index in [1.807, 2.05) is 0 Å². The van der Waals surface area contributed by atoms with Crippen LogP contribution in [0, 0.1) is 5.92 Å². The lowest BCUT2D eigenvalue weighted by molar-refractivity contribution is -0.119. The lowest BCUT2D eigenvalue weighted by Crippen LogP contribution is -2.36. The van der Waals surface area contributed by atoms with E-state index < -0.39 is 5.97 Å². The predicted octanol–water partition coefficient (Wildman–Crippen LogP) is 1.78. The van der Waals surface area contributed by atoms with Crippen LogP contribution in [-0.4, -0.2) is 33.8 Å². The number of carbonyl (C=O) groups is 2. The zero-order valence-electron chi connectivity index (χ0n) is 13.6. The molecule has 1 aromatic heterocycles. The molecule has 0 spiro atoms. The maximum absolute atomic E-state index is 12.5. The van der Waals surface area contributed by atoms with Crippen molar-refractivity contribution in [2.24, 2.45) is 5.92 Å². The van der Waals surface area contributed by atoms with E-state index in [9.17, 15) is 14.4 Å². The van der Waals surface area contributed by atoms with Gasteiger partial charge in [-0.1, -0.05) is 11.8 Å². The number of anilines is 1. The minimum atomic E-state index is -0.396. The molecular formula is C17H17N3O4S. The van der Waals surface area contributed by atoms with Gasteiger partial charge in [-0.3, -0.25) is 14.2 Å². The first kappa shape index (κ1) is 17.2. The normalized spacial score (nSPS) is 16.0. The van der Waals surface area contributed by atoms with Crippen LogP contribution in [0.15, 0.2) is 46.5 Å². The van der Waals surface area contributed by atoms with Crippen LogP contribution in [0.4, 0.5) is 5.69 Å². The summed E-state index contributed by atoms with van der Waals surface area (Å²) in [4.78, 5) is 40.1. The molecule has 1 atom stereocenters. The second-order valence-corrected chi connectivity index (χ2v) is 6.46. The minimum Gasteiger partial charge on any atom is -0.462 e. The van der Waals surface area contributed by atoms with Crippen molar-refractivity contribution in [2.45, 2.75) is 18.6 Å². The van der Waals surface area contributed by atoms with Gasteiger partial charge in [-0.25, -0.2) is 9.78 Å². The average Bonchev–Trinajstić information content (AvgIpc) is 2.62. The van der Waals surface area contributed by atoms with Crippen molar-refractivity contribution in [2.75, 3.05) is 17.7 Å². The Morgan fingerprint density at radius 1 is 1.32 bits per heavy atom. The standard InChI is InChI=1S/C17H17N3O4S/c1-2-24-16(23)11-3-5-13(6-4-11)19-15(22)12-9-20-14(21)7-8-18-17(20)25-10-12/h3-8,12H,2,9-10H2,1H3,(H,19,22). The van der Waals surface area contributed by atoms with Crippen LogP contribution >= 0.6 is 11.8 Å². The third-order valence-electron chi connectivity index (χ3n) is 3.75. The van der Waals surface area contributed by atoms with Gasteiger partial charge in [0.1, 0.15) is 0 Å². The molecule has 1 aliphatic rings. The maximum atomic E-state index is 12.5. The fourth-order valence-corrected chi connectivity index (χ4v) is 3.52. The van der Waals surface area contributed by atoms with E-state index in [2.05, 4.69) is 10.3 Å². The lowest BCUT2D eigenvalue weighted by atomic mass is 10.1. The van der Waals surface area contributed by atoms with Gasteiger partial charge >= 0.3 is 5.97 Å². The van der Waals surface area contributed by atoms with Gasteiger partial charge in [0.2, 0.25) is 5.91 Å². The van der Waals surface area contributed by atoms with Gasteiger partial charge in [0, 0.05) is 30.2 Å². The van der Waals surface area contributed by atoms with Crippen LogP contribution in [-0.2, 0) is 16.1 Å². The molecule has 130 valence electrons. The van der Waals surface area contributed by atoms with Crippen molar-refractivity contribution in [1.29, 1.82) is 0 Å². The molecule has 0 aliphatic carbocycles. The highest BCUT2D eigenvalue weighted by molar-refractivity contribution is 7.99. The second-order valence-electron chi connectivity index (χ2n) is 5.47. The lowest BCUT2D eigenvalue weighted by Gasteiger charge is -2.23. The van der Waals surface area contributed by atoms with E-state index in [1.165, 1.54) is 28.6 Å². The Hall–Kier alpha value is -2.61. The smallest absolute Gasteiger partial charge is 0.338 e. The average molecular weight is 359 g/mol. The molecule has 1 aliphatic heterocycles. The second kappa shape index (κ2) is 7.52. The van der Waals surface area contributed by atoms with Crippen LogP contribution in [0.2, 0.25) is 0 Å². The van der Waals surface area contributed by atoms with Gasteiger partial charge in [-0.2, -0.15) is 0 Å². The molecule has 2 aromatic rings. The number of rotatable bonds is 4. The number of fused-ring (bicyclic) bond motifs is 1. The van der Waals surface area contributed by atoms with Crippen molar-refractivity contribution in [1.82, 2.24) is 9.55 Å². The highest BCUT2D eigenvalue weighted by Gasteiger charge is 2.26. The predicted molar refractivity (Wildman–Crippen MR) is 93.7 cm³/mol. The van der Waals surface area contributed by atoms with Crippen LogP contribution in [0.1, 0.15) is 17.3 Å². The molecule has 25 heavy (non-hydrogen) atoms. The van der Waals surface area contributed by atoms with Gasteiger partial charge in [-0.05, 0) is 31.2 Å². The maximum Gasteiger partial charge on any atom is 0.338 e. The summed E-state index contributed by atoms with van der Waals surface area (Å²) in [7, 11) is 0. The molecule has 0 bridgehead atoms. The quantitative estimate of drug-likeness (QED) is 0.661. The molecule has 8 heteroatoms. The number of aromatic nitrogens is 2. The zero-order valence-corrected chi connectivity index (χ0v) is 14.4. The molecule has 0 saturated carbocycles. The van der Waals surface area contributed by atoms with E-state index in [4.69, 9.17) is 4.74 Å². The summed E-state index contributed by atoms with van der Waals surface area (Å²) >= 11 is 1.39. The largest absolute Gasteiger partial charge is 0.462 e. The van der Waals surface area contributed by atoms with E-state index >= 15 is 0 Å². The van der Waals surface area contributed by atoms with Crippen LogP contribution < -0.4 is 10.9 Å². The molecule has 1 unspecified atom stereocenters. The third kappa shape index (κ3) is 3.90. The van der Waals surface area contributed by atoms with Gasteiger partial charge in [0.15, 0.2) is 5.16 Å². The monoisotopic (exact) mass is 359 g/mol. The van der Waals surface area contributed by atoms with E-state index in [-0.39, 0.29) is 17.4 Å². The minimum absolute atomic E-state index is 0.159. The topological polar surface area (TPSA) is 90.3 Å². The Bertz CT molecular complexity index is 848. The Balaban J connectivity index is 1.66. The Morgan fingerprint density at radius 2 is 2.08 bits per heavy atom. The molecule has 0 fully saturated rings. The van der Waals surface area contributed by atoms with Crippen LogP contribution in [0.5, 0.6) is 0 Å².